The SMILES string of the molecule is COc1cc2c(c(O)c1OC)-c1c(cc(OC)c(OC)c1OC)[C@H](OC(=O)c1ccccc1)[C@@H](C)[C@@](C)(O)[C@H]2OC(C)=O. The third-order valence-electron chi connectivity index (χ3n) is 7.81. The molecule has 0 bridgehead atoms. The first kappa shape index (κ1) is 31.3. The second kappa shape index (κ2) is 12.3. The van der Waals surface area contributed by atoms with Crippen LogP contribution in [0.4, 0.5) is 0 Å². The number of fused-ring (bicyclic) bond motifs is 3. The maximum Gasteiger partial charge on any atom is 0.338 e. The van der Waals surface area contributed by atoms with Crippen molar-refractivity contribution in [3.05, 3.63) is 59.2 Å². The zero-order chi connectivity index (χ0) is 31.6. The van der Waals surface area contributed by atoms with Crippen LogP contribution in [0.15, 0.2) is 42.5 Å². The molecule has 0 spiro atoms. The maximum atomic E-state index is 13.5. The molecule has 0 unspecified atom stereocenters. The Morgan fingerprint density at radius 1 is 0.767 bits per heavy atom. The summed E-state index contributed by atoms with van der Waals surface area (Å²) in [6, 6.07) is 11.5. The van der Waals surface area contributed by atoms with Crippen molar-refractivity contribution in [2.24, 2.45) is 5.92 Å². The molecule has 3 aromatic carbocycles. The summed E-state index contributed by atoms with van der Waals surface area (Å²) in [5.74, 6) is -2.06. The number of hydrogen-bond donors (Lipinski definition) is 2. The number of carbonyl (C=O) groups is 2. The molecular formula is C32H36O11. The summed E-state index contributed by atoms with van der Waals surface area (Å²) >= 11 is 0. The van der Waals surface area contributed by atoms with Gasteiger partial charge in [-0.25, -0.2) is 4.79 Å². The fourth-order valence-electron chi connectivity index (χ4n) is 5.52. The highest BCUT2D eigenvalue weighted by molar-refractivity contribution is 5.91. The van der Waals surface area contributed by atoms with Crippen LogP contribution in [0.2, 0.25) is 0 Å². The molecule has 3 aromatic rings. The van der Waals surface area contributed by atoms with Gasteiger partial charge in [0, 0.05) is 35.1 Å². The molecule has 0 fully saturated rings. The fourth-order valence-corrected chi connectivity index (χ4v) is 5.52. The molecular weight excluding hydrogens is 560 g/mol. The average molecular weight is 597 g/mol. The second-order valence-electron chi connectivity index (χ2n) is 10.2. The van der Waals surface area contributed by atoms with Crippen molar-refractivity contribution in [1.82, 2.24) is 0 Å². The third kappa shape index (κ3) is 5.36. The molecule has 0 radical (unpaired) electrons. The highest BCUT2D eigenvalue weighted by atomic mass is 16.6. The number of methoxy groups -OCH3 is 5. The Morgan fingerprint density at radius 2 is 1.33 bits per heavy atom. The van der Waals surface area contributed by atoms with Gasteiger partial charge in [-0.2, -0.15) is 0 Å². The predicted molar refractivity (Wildman–Crippen MR) is 155 cm³/mol. The standard InChI is InChI=1S/C32H36O11/c1-16-26(43-31(35)18-12-10-9-11-13-18)19-14-22(38-5)28(40-7)29(41-8)24(19)23-20(30(32(16,3)36)42-17(2)33)15-21(37-4)27(39-6)25(23)34/h9-16,26,30,34,36H,1-8H3/t16-,26-,30+,32-/m1/s1. The Bertz CT molecular complexity index is 1510. The molecule has 0 aliphatic heterocycles. The molecule has 0 amide bonds. The van der Waals surface area contributed by atoms with Gasteiger partial charge in [0.25, 0.3) is 0 Å². The number of esters is 2. The van der Waals surface area contributed by atoms with Crippen LogP contribution in [-0.4, -0.2) is 63.3 Å². The van der Waals surface area contributed by atoms with Gasteiger partial charge < -0.3 is 43.4 Å². The van der Waals surface area contributed by atoms with Crippen molar-refractivity contribution in [3.63, 3.8) is 0 Å². The Hall–Kier alpha value is -4.64. The lowest BCUT2D eigenvalue weighted by atomic mass is 9.71. The summed E-state index contributed by atoms with van der Waals surface area (Å²) in [5.41, 5.74) is -0.801. The van der Waals surface area contributed by atoms with Gasteiger partial charge in [0.1, 0.15) is 11.7 Å². The van der Waals surface area contributed by atoms with Crippen LogP contribution < -0.4 is 23.7 Å². The summed E-state index contributed by atoms with van der Waals surface area (Å²) in [5, 5.41) is 24.0. The van der Waals surface area contributed by atoms with E-state index in [1.807, 2.05) is 0 Å². The Balaban J connectivity index is 2.21. The molecule has 43 heavy (non-hydrogen) atoms. The minimum Gasteiger partial charge on any atom is -0.504 e. The molecule has 4 atom stereocenters. The van der Waals surface area contributed by atoms with E-state index in [0.29, 0.717) is 5.56 Å². The number of benzene rings is 3. The lowest BCUT2D eigenvalue weighted by Crippen LogP contribution is -2.46. The molecule has 0 saturated carbocycles. The quantitative estimate of drug-likeness (QED) is 0.340. The zero-order valence-corrected chi connectivity index (χ0v) is 25.3. The Morgan fingerprint density at radius 3 is 1.86 bits per heavy atom. The first-order chi connectivity index (χ1) is 20.5. The molecule has 2 N–H and O–H groups in total. The molecule has 11 nitrogen and oxygen atoms in total. The monoisotopic (exact) mass is 596 g/mol. The number of carbonyl (C=O) groups excluding carboxylic acids is 2. The van der Waals surface area contributed by atoms with E-state index in [9.17, 15) is 19.8 Å². The zero-order valence-electron chi connectivity index (χ0n) is 25.3. The normalized spacial score (nSPS) is 20.8. The maximum absolute atomic E-state index is 13.5. The lowest BCUT2D eigenvalue weighted by molar-refractivity contribution is -0.176. The molecule has 1 aliphatic carbocycles. The van der Waals surface area contributed by atoms with E-state index >= 15 is 0 Å². The lowest BCUT2D eigenvalue weighted by Gasteiger charge is -2.43. The van der Waals surface area contributed by atoms with Crippen LogP contribution in [0, 0.1) is 5.92 Å². The van der Waals surface area contributed by atoms with Crippen LogP contribution in [-0.2, 0) is 14.3 Å². The van der Waals surface area contributed by atoms with Crippen LogP contribution in [0.5, 0.6) is 34.5 Å². The molecule has 4 rings (SSSR count). The third-order valence-corrected chi connectivity index (χ3v) is 7.81. The van der Waals surface area contributed by atoms with Gasteiger partial charge in [-0.15, -0.1) is 0 Å². The number of phenols is 1. The van der Waals surface area contributed by atoms with Gasteiger partial charge in [-0.05, 0) is 31.2 Å². The van der Waals surface area contributed by atoms with E-state index in [0.717, 1.165) is 0 Å². The molecule has 0 heterocycles. The fraction of sp³-hybridized carbons (Fsp3) is 0.375. The predicted octanol–water partition coefficient (Wildman–Crippen LogP) is 5.01. The summed E-state index contributed by atoms with van der Waals surface area (Å²) in [6.07, 6.45) is -2.57. The van der Waals surface area contributed by atoms with E-state index in [2.05, 4.69) is 0 Å². The number of aromatic hydroxyl groups is 1. The van der Waals surface area contributed by atoms with Crippen LogP contribution in [0.25, 0.3) is 11.1 Å². The number of hydrogen-bond acceptors (Lipinski definition) is 11. The minimum absolute atomic E-state index is 0.0308. The Kier molecular flexibility index (Phi) is 8.96. The average Bonchev–Trinajstić information content (AvgIpc) is 3.00. The number of rotatable bonds is 8. The molecule has 230 valence electrons. The van der Waals surface area contributed by atoms with Gasteiger partial charge >= 0.3 is 11.9 Å². The highest BCUT2D eigenvalue weighted by Gasteiger charge is 2.51. The largest absolute Gasteiger partial charge is 0.504 e. The first-order valence-corrected chi connectivity index (χ1v) is 13.4. The van der Waals surface area contributed by atoms with Crippen molar-refractivity contribution in [2.45, 2.75) is 38.6 Å². The molecule has 1 aliphatic rings. The number of phenolic OH excluding ortho intramolecular Hbond substituents is 1. The van der Waals surface area contributed by atoms with Crippen molar-refractivity contribution in [2.75, 3.05) is 35.5 Å². The topological polar surface area (TPSA) is 139 Å². The smallest absolute Gasteiger partial charge is 0.338 e. The summed E-state index contributed by atoms with van der Waals surface area (Å²) < 4.78 is 40.1. The molecule has 0 aromatic heterocycles. The van der Waals surface area contributed by atoms with Crippen molar-refractivity contribution in [1.29, 1.82) is 0 Å². The minimum atomic E-state index is -1.88. The van der Waals surface area contributed by atoms with Gasteiger partial charge in [0.15, 0.2) is 29.1 Å². The van der Waals surface area contributed by atoms with E-state index in [4.69, 9.17) is 33.2 Å². The molecule has 0 saturated heterocycles. The van der Waals surface area contributed by atoms with Gasteiger partial charge in [-0.3, -0.25) is 4.79 Å². The summed E-state index contributed by atoms with van der Waals surface area (Å²) in [6.45, 7) is 4.34. The summed E-state index contributed by atoms with van der Waals surface area (Å²) in [7, 11) is 7.00. The van der Waals surface area contributed by atoms with E-state index < -0.39 is 41.4 Å². The summed E-state index contributed by atoms with van der Waals surface area (Å²) in [4.78, 5) is 26.0. The van der Waals surface area contributed by atoms with E-state index in [-0.39, 0.29) is 51.0 Å². The van der Waals surface area contributed by atoms with Gasteiger partial charge in [0.05, 0.1) is 41.1 Å². The Labute approximate surface area is 249 Å². The van der Waals surface area contributed by atoms with Crippen LogP contribution in [0.1, 0.15) is 54.5 Å². The van der Waals surface area contributed by atoms with E-state index in [1.165, 1.54) is 55.5 Å². The van der Waals surface area contributed by atoms with Gasteiger partial charge in [0.2, 0.25) is 11.5 Å². The number of aliphatic hydroxyl groups is 1. The van der Waals surface area contributed by atoms with Crippen molar-refractivity contribution in [3.8, 4) is 45.6 Å². The van der Waals surface area contributed by atoms with Crippen LogP contribution >= 0.6 is 0 Å². The van der Waals surface area contributed by atoms with Crippen molar-refractivity contribution < 1.29 is 53.0 Å². The number of ether oxygens (including phenoxy) is 7. The van der Waals surface area contributed by atoms with Crippen LogP contribution in [0.3, 0.4) is 0 Å². The second-order valence-corrected chi connectivity index (χ2v) is 10.2. The highest BCUT2D eigenvalue weighted by Crippen LogP contribution is 2.60. The van der Waals surface area contributed by atoms with Gasteiger partial charge in [-0.1, -0.05) is 25.1 Å². The van der Waals surface area contributed by atoms with E-state index in [1.54, 1.807) is 43.3 Å². The molecule has 11 heteroatoms. The van der Waals surface area contributed by atoms with Crippen molar-refractivity contribution >= 4 is 11.9 Å². The first-order valence-electron chi connectivity index (χ1n) is 13.4.